The second kappa shape index (κ2) is 3.92. The van der Waals surface area contributed by atoms with Crippen molar-refractivity contribution in [3.05, 3.63) is 36.0 Å². The molecule has 0 aliphatic carbocycles. The van der Waals surface area contributed by atoms with Crippen molar-refractivity contribution in [1.29, 1.82) is 0 Å². The Labute approximate surface area is 95.5 Å². The van der Waals surface area contributed by atoms with Crippen LogP contribution in [0.5, 0.6) is 0 Å². The molecule has 0 saturated carbocycles. The molecule has 16 heavy (non-hydrogen) atoms. The van der Waals surface area contributed by atoms with E-state index in [4.69, 9.17) is 0 Å². The lowest BCUT2D eigenvalue weighted by Gasteiger charge is -2.33. The lowest BCUT2D eigenvalue weighted by atomic mass is 10.0. The number of para-hydroxylation sites is 1. The van der Waals surface area contributed by atoms with Gasteiger partial charge in [0.15, 0.2) is 0 Å². The van der Waals surface area contributed by atoms with Gasteiger partial charge in [-0.25, -0.2) is 0 Å². The molecule has 1 aliphatic heterocycles. The molecule has 0 spiro atoms. The summed E-state index contributed by atoms with van der Waals surface area (Å²) in [4.78, 5) is 5.77. The van der Waals surface area contributed by atoms with Crippen LogP contribution in [-0.4, -0.2) is 36.6 Å². The Morgan fingerprint density at radius 2 is 2.25 bits per heavy atom. The monoisotopic (exact) mass is 215 g/mol. The van der Waals surface area contributed by atoms with Crippen LogP contribution in [0.3, 0.4) is 0 Å². The molecule has 1 saturated heterocycles. The molecule has 0 amide bonds. The van der Waals surface area contributed by atoms with Gasteiger partial charge in [0.2, 0.25) is 0 Å². The molecular weight excluding hydrogens is 198 g/mol. The molecule has 3 nitrogen and oxygen atoms in total. The first-order valence-corrected chi connectivity index (χ1v) is 5.83. The van der Waals surface area contributed by atoms with E-state index >= 15 is 0 Å². The second-order valence-corrected chi connectivity index (χ2v) is 4.49. The number of hydrogen-bond acceptors (Lipinski definition) is 2. The summed E-state index contributed by atoms with van der Waals surface area (Å²) in [6, 6.07) is 9.15. The average molecular weight is 215 g/mol. The van der Waals surface area contributed by atoms with Crippen LogP contribution in [-0.2, 0) is 0 Å². The Morgan fingerprint density at radius 1 is 1.31 bits per heavy atom. The third-order valence-corrected chi connectivity index (χ3v) is 3.49. The Balaban J connectivity index is 2.07. The second-order valence-electron chi connectivity index (χ2n) is 4.49. The third kappa shape index (κ3) is 1.52. The molecule has 1 unspecified atom stereocenters. The summed E-state index contributed by atoms with van der Waals surface area (Å²) < 4.78 is 0. The number of aromatic nitrogens is 1. The highest BCUT2D eigenvalue weighted by Crippen LogP contribution is 2.27. The van der Waals surface area contributed by atoms with Crippen molar-refractivity contribution in [2.45, 2.75) is 6.04 Å². The van der Waals surface area contributed by atoms with Crippen molar-refractivity contribution >= 4 is 10.9 Å². The zero-order valence-electron chi connectivity index (χ0n) is 9.53. The van der Waals surface area contributed by atoms with Gasteiger partial charge in [-0.1, -0.05) is 18.2 Å². The number of aromatic amines is 1. The molecule has 3 rings (SSSR count). The van der Waals surface area contributed by atoms with Crippen LogP contribution in [0.2, 0.25) is 0 Å². The molecule has 1 aromatic heterocycles. The van der Waals surface area contributed by atoms with Crippen molar-refractivity contribution in [1.82, 2.24) is 15.2 Å². The maximum absolute atomic E-state index is 3.47. The molecule has 1 aliphatic rings. The Hall–Kier alpha value is -1.32. The van der Waals surface area contributed by atoms with Crippen LogP contribution in [0.1, 0.15) is 11.6 Å². The van der Waals surface area contributed by atoms with E-state index in [1.807, 2.05) is 6.20 Å². The van der Waals surface area contributed by atoms with E-state index in [9.17, 15) is 0 Å². The molecule has 3 heteroatoms. The van der Waals surface area contributed by atoms with E-state index in [0.29, 0.717) is 6.04 Å². The topological polar surface area (TPSA) is 31.1 Å². The van der Waals surface area contributed by atoms with E-state index in [2.05, 4.69) is 46.5 Å². The predicted octanol–water partition coefficient (Wildman–Crippen LogP) is 1.74. The number of piperazine rings is 1. The van der Waals surface area contributed by atoms with Crippen LogP contribution in [0.15, 0.2) is 30.5 Å². The SMILES string of the molecule is CN1CCNCC1c1cccc2cc[nH]c12. The van der Waals surface area contributed by atoms with Gasteiger partial charge in [0.05, 0.1) is 5.52 Å². The fourth-order valence-electron chi connectivity index (χ4n) is 2.54. The number of H-pyrrole nitrogens is 1. The summed E-state index contributed by atoms with van der Waals surface area (Å²) in [6.07, 6.45) is 2.02. The number of benzene rings is 1. The van der Waals surface area contributed by atoms with Crippen LogP contribution in [0.25, 0.3) is 10.9 Å². The van der Waals surface area contributed by atoms with Gasteiger partial charge < -0.3 is 10.3 Å². The zero-order valence-corrected chi connectivity index (χ0v) is 9.53. The minimum Gasteiger partial charge on any atom is -0.361 e. The fraction of sp³-hybridized carbons (Fsp3) is 0.385. The standard InChI is InChI=1S/C13H17N3/c1-16-8-7-14-9-12(16)11-4-2-3-10-5-6-15-13(10)11/h2-6,12,14-15H,7-9H2,1H3. The minimum absolute atomic E-state index is 0.482. The van der Waals surface area contributed by atoms with Gasteiger partial charge in [-0.3, -0.25) is 4.90 Å². The number of nitrogens with one attached hydrogen (secondary N) is 2. The molecular formula is C13H17N3. The lowest BCUT2D eigenvalue weighted by Crippen LogP contribution is -2.43. The first-order valence-electron chi connectivity index (χ1n) is 5.83. The number of nitrogens with zero attached hydrogens (tertiary/aromatic N) is 1. The quantitative estimate of drug-likeness (QED) is 0.759. The van der Waals surface area contributed by atoms with Crippen molar-refractivity contribution in [3.8, 4) is 0 Å². The van der Waals surface area contributed by atoms with Gasteiger partial charge >= 0.3 is 0 Å². The van der Waals surface area contributed by atoms with Crippen LogP contribution in [0, 0.1) is 0 Å². The molecule has 2 heterocycles. The van der Waals surface area contributed by atoms with Crippen molar-refractivity contribution in [3.63, 3.8) is 0 Å². The highest BCUT2D eigenvalue weighted by atomic mass is 15.2. The summed E-state index contributed by atoms with van der Waals surface area (Å²) >= 11 is 0. The predicted molar refractivity (Wildman–Crippen MR) is 66.5 cm³/mol. The minimum atomic E-state index is 0.482. The molecule has 1 fully saturated rings. The lowest BCUT2D eigenvalue weighted by molar-refractivity contribution is 0.203. The largest absolute Gasteiger partial charge is 0.361 e. The summed E-state index contributed by atoms with van der Waals surface area (Å²) in [5, 5.41) is 4.77. The van der Waals surface area contributed by atoms with Gasteiger partial charge in [-0.2, -0.15) is 0 Å². The van der Waals surface area contributed by atoms with Crippen molar-refractivity contribution < 1.29 is 0 Å². The van der Waals surface area contributed by atoms with Crippen LogP contribution < -0.4 is 5.32 Å². The highest BCUT2D eigenvalue weighted by molar-refractivity contribution is 5.83. The van der Waals surface area contributed by atoms with E-state index in [-0.39, 0.29) is 0 Å². The van der Waals surface area contributed by atoms with E-state index in [1.54, 1.807) is 0 Å². The summed E-state index contributed by atoms with van der Waals surface area (Å²) in [7, 11) is 2.20. The van der Waals surface area contributed by atoms with Crippen molar-refractivity contribution in [2.75, 3.05) is 26.7 Å². The Kier molecular flexibility index (Phi) is 2.42. The fourth-order valence-corrected chi connectivity index (χ4v) is 2.54. The average Bonchev–Trinajstić information content (AvgIpc) is 2.77. The molecule has 84 valence electrons. The summed E-state index contributed by atoms with van der Waals surface area (Å²) in [5.74, 6) is 0. The number of likely N-dealkylation sites (N-methyl/N-ethyl adjacent to an activating group) is 1. The molecule has 2 N–H and O–H groups in total. The first kappa shape index (κ1) is 9.87. The number of fused-ring (bicyclic) bond motifs is 1. The van der Waals surface area contributed by atoms with E-state index in [1.165, 1.54) is 16.5 Å². The summed E-state index contributed by atoms with van der Waals surface area (Å²) in [6.45, 7) is 3.24. The van der Waals surface area contributed by atoms with E-state index < -0.39 is 0 Å². The van der Waals surface area contributed by atoms with Gasteiger partial charge in [0, 0.05) is 31.9 Å². The van der Waals surface area contributed by atoms with Gasteiger partial charge in [0.1, 0.15) is 0 Å². The molecule has 1 atom stereocenters. The first-order chi connectivity index (χ1) is 7.86. The molecule has 1 aromatic carbocycles. The van der Waals surface area contributed by atoms with Crippen molar-refractivity contribution in [2.24, 2.45) is 0 Å². The van der Waals surface area contributed by atoms with Gasteiger partial charge in [-0.05, 0) is 24.1 Å². The maximum atomic E-state index is 3.47. The smallest absolute Gasteiger partial charge is 0.0502 e. The molecule has 0 bridgehead atoms. The molecule has 0 radical (unpaired) electrons. The Morgan fingerprint density at radius 3 is 3.12 bits per heavy atom. The highest BCUT2D eigenvalue weighted by Gasteiger charge is 2.22. The van der Waals surface area contributed by atoms with Gasteiger partial charge in [0.25, 0.3) is 0 Å². The Bertz CT molecular complexity index is 489. The van der Waals surface area contributed by atoms with Gasteiger partial charge in [-0.15, -0.1) is 0 Å². The van der Waals surface area contributed by atoms with E-state index in [0.717, 1.165) is 19.6 Å². The normalized spacial score (nSPS) is 22.7. The van der Waals surface area contributed by atoms with Crippen LogP contribution >= 0.6 is 0 Å². The van der Waals surface area contributed by atoms with Crippen LogP contribution in [0.4, 0.5) is 0 Å². The summed E-state index contributed by atoms with van der Waals surface area (Å²) in [5.41, 5.74) is 2.68. The molecule has 2 aromatic rings. The maximum Gasteiger partial charge on any atom is 0.0502 e. The number of hydrogen-bond donors (Lipinski definition) is 2. The zero-order chi connectivity index (χ0) is 11.0. The number of rotatable bonds is 1. The third-order valence-electron chi connectivity index (χ3n) is 3.49.